The van der Waals surface area contributed by atoms with Gasteiger partial charge < -0.3 is 10.6 Å². The minimum absolute atomic E-state index is 0.239. The summed E-state index contributed by atoms with van der Waals surface area (Å²) in [5.41, 5.74) is 6.92. The maximum atomic E-state index is 6.24. The van der Waals surface area contributed by atoms with Crippen molar-refractivity contribution in [1.29, 1.82) is 0 Å². The molecule has 0 saturated heterocycles. The summed E-state index contributed by atoms with van der Waals surface area (Å²) in [4.78, 5) is 7.17. The molecule has 3 rings (SSSR count). The monoisotopic (exact) mass is 249 g/mol. The molecule has 0 aromatic rings. The van der Waals surface area contributed by atoms with Gasteiger partial charge in [0.15, 0.2) is 5.96 Å². The second-order valence-electron chi connectivity index (χ2n) is 7.53. The lowest BCUT2D eigenvalue weighted by atomic mass is 9.84. The van der Waals surface area contributed by atoms with Crippen LogP contribution in [0, 0.1) is 11.3 Å². The van der Waals surface area contributed by atoms with Crippen LogP contribution in [0.25, 0.3) is 0 Å². The van der Waals surface area contributed by atoms with Crippen molar-refractivity contribution >= 4 is 5.96 Å². The van der Waals surface area contributed by atoms with E-state index in [1.165, 1.54) is 38.5 Å². The Morgan fingerprint density at radius 3 is 2.50 bits per heavy atom. The van der Waals surface area contributed by atoms with E-state index in [1.807, 2.05) is 0 Å². The number of aliphatic imine (C=N–C) groups is 1. The minimum Gasteiger partial charge on any atom is -0.370 e. The summed E-state index contributed by atoms with van der Waals surface area (Å²) in [6.07, 6.45) is 7.90. The quantitative estimate of drug-likeness (QED) is 0.776. The standard InChI is InChI=1S/C15H27N3/c1-11-8-14(2,3)9-15(11)10-17-13(16)18(15)12-6-4-5-7-12/h11-12H,4-10H2,1-3H3,(H2,16,17). The van der Waals surface area contributed by atoms with E-state index in [2.05, 4.69) is 30.7 Å². The molecular formula is C15H27N3. The summed E-state index contributed by atoms with van der Waals surface area (Å²) in [7, 11) is 0. The maximum absolute atomic E-state index is 6.24. The summed E-state index contributed by atoms with van der Waals surface area (Å²) in [6, 6.07) is 0.660. The molecule has 18 heavy (non-hydrogen) atoms. The molecular weight excluding hydrogens is 222 g/mol. The number of nitrogens with two attached hydrogens (primary N) is 1. The molecule has 1 aliphatic heterocycles. The largest absolute Gasteiger partial charge is 0.370 e. The number of nitrogens with zero attached hydrogens (tertiary/aromatic N) is 2. The van der Waals surface area contributed by atoms with Gasteiger partial charge in [0.05, 0.1) is 12.1 Å². The van der Waals surface area contributed by atoms with Gasteiger partial charge in [0.25, 0.3) is 0 Å². The Bertz CT molecular complexity index is 368. The normalized spacial score (nSPS) is 39.8. The van der Waals surface area contributed by atoms with Crippen LogP contribution in [0.1, 0.15) is 59.3 Å². The molecule has 2 unspecified atom stereocenters. The fourth-order valence-electron chi connectivity index (χ4n) is 4.94. The summed E-state index contributed by atoms with van der Waals surface area (Å²) in [5.74, 6) is 1.53. The molecule has 2 atom stereocenters. The van der Waals surface area contributed by atoms with Gasteiger partial charge in [0.1, 0.15) is 0 Å². The molecule has 2 N–H and O–H groups in total. The van der Waals surface area contributed by atoms with Crippen molar-refractivity contribution in [3.8, 4) is 0 Å². The molecule has 0 radical (unpaired) electrons. The number of rotatable bonds is 1. The average Bonchev–Trinajstić information content (AvgIpc) is 2.90. The fraction of sp³-hybridized carbons (Fsp3) is 0.933. The van der Waals surface area contributed by atoms with Gasteiger partial charge in [0.2, 0.25) is 0 Å². The van der Waals surface area contributed by atoms with Gasteiger partial charge >= 0.3 is 0 Å². The third-order valence-electron chi connectivity index (χ3n) is 5.49. The highest BCUT2D eigenvalue weighted by atomic mass is 15.4. The zero-order valence-electron chi connectivity index (χ0n) is 12.1. The van der Waals surface area contributed by atoms with E-state index in [4.69, 9.17) is 5.73 Å². The van der Waals surface area contributed by atoms with Gasteiger partial charge in [-0.25, -0.2) is 0 Å². The van der Waals surface area contributed by atoms with Crippen molar-refractivity contribution in [2.24, 2.45) is 22.1 Å². The van der Waals surface area contributed by atoms with Gasteiger partial charge in [-0.3, -0.25) is 4.99 Å². The Balaban J connectivity index is 1.91. The van der Waals surface area contributed by atoms with Crippen molar-refractivity contribution in [3.05, 3.63) is 0 Å². The molecule has 3 nitrogen and oxygen atoms in total. The first kappa shape index (κ1) is 12.3. The average molecular weight is 249 g/mol. The van der Waals surface area contributed by atoms with E-state index >= 15 is 0 Å². The van der Waals surface area contributed by atoms with E-state index in [1.54, 1.807) is 0 Å². The number of hydrogen-bond donors (Lipinski definition) is 1. The molecule has 2 fully saturated rings. The Kier molecular flexibility index (Phi) is 2.65. The molecule has 0 aromatic carbocycles. The lowest BCUT2D eigenvalue weighted by Gasteiger charge is -2.44. The van der Waals surface area contributed by atoms with Crippen molar-refractivity contribution in [2.75, 3.05) is 6.54 Å². The Morgan fingerprint density at radius 2 is 1.94 bits per heavy atom. The lowest BCUT2D eigenvalue weighted by Crippen LogP contribution is -2.57. The Hall–Kier alpha value is -0.730. The molecule has 1 heterocycles. The van der Waals surface area contributed by atoms with Crippen LogP contribution in [0.3, 0.4) is 0 Å². The van der Waals surface area contributed by atoms with Crippen molar-refractivity contribution < 1.29 is 0 Å². The third-order valence-corrected chi connectivity index (χ3v) is 5.49. The SMILES string of the molecule is CC1CC(C)(C)CC12CN=C(N)N2C1CCCC1. The van der Waals surface area contributed by atoms with E-state index in [9.17, 15) is 0 Å². The van der Waals surface area contributed by atoms with Crippen LogP contribution in [0.5, 0.6) is 0 Å². The number of guanidine groups is 1. The first-order chi connectivity index (χ1) is 8.45. The number of hydrogen-bond acceptors (Lipinski definition) is 3. The van der Waals surface area contributed by atoms with Gasteiger partial charge in [-0.1, -0.05) is 33.6 Å². The first-order valence-electron chi connectivity index (χ1n) is 7.54. The predicted molar refractivity (Wildman–Crippen MR) is 75.5 cm³/mol. The summed E-state index contributed by atoms with van der Waals surface area (Å²) in [6.45, 7) is 8.14. The second kappa shape index (κ2) is 3.88. The van der Waals surface area contributed by atoms with E-state index < -0.39 is 0 Å². The molecule has 3 aliphatic rings. The van der Waals surface area contributed by atoms with E-state index in [0.29, 0.717) is 17.4 Å². The summed E-state index contributed by atoms with van der Waals surface area (Å²) < 4.78 is 0. The van der Waals surface area contributed by atoms with Crippen molar-refractivity contribution in [2.45, 2.75) is 70.9 Å². The van der Waals surface area contributed by atoms with E-state index in [-0.39, 0.29) is 5.54 Å². The van der Waals surface area contributed by atoms with Crippen molar-refractivity contribution in [1.82, 2.24) is 4.90 Å². The van der Waals surface area contributed by atoms with Crippen LogP contribution in [0.4, 0.5) is 0 Å². The Labute approximate surface area is 111 Å². The predicted octanol–water partition coefficient (Wildman–Crippen LogP) is 2.75. The first-order valence-corrected chi connectivity index (χ1v) is 7.54. The molecule has 0 bridgehead atoms. The molecule has 0 amide bonds. The van der Waals surface area contributed by atoms with Gasteiger partial charge in [0, 0.05) is 6.04 Å². The Morgan fingerprint density at radius 1 is 1.28 bits per heavy atom. The van der Waals surface area contributed by atoms with Crippen molar-refractivity contribution in [3.63, 3.8) is 0 Å². The zero-order valence-corrected chi connectivity index (χ0v) is 12.1. The smallest absolute Gasteiger partial charge is 0.192 e. The van der Waals surface area contributed by atoms with E-state index in [0.717, 1.165) is 12.5 Å². The molecule has 2 saturated carbocycles. The molecule has 0 aromatic heterocycles. The highest BCUT2D eigenvalue weighted by molar-refractivity contribution is 5.81. The fourth-order valence-corrected chi connectivity index (χ4v) is 4.94. The summed E-state index contributed by atoms with van der Waals surface area (Å²) >= 11 is 0. The van der Waals surface area contributed by atoms with Crippen LogP contribution in [-0.2, 0) is 0 Å². The molecule has 3 heteroatoms. The van der Waals surface area contributed by atoms with Crippen LogP contribution in [-0.4, -0.2) is 29.0 Å². The van der Waals surface area contributed by atoms with Crippen LogP contribution >= 0.6 is 0 Å². The van der Waals surface area contributed by atoms with Gasteiger partial charge in [-0.15, -0.1) is 0 Å². The van der Waals surface area contributed by atoms with Crippen LogP contribution in [0.15, 0.2) is 4.99 Å². The topological polar surface area (TPSA) is 41.6 Å². The molecule has 1 spiro atoms. The lowest BCUT2D eigenvalue weighted by molar-refractivity contribution is 0.108. The maximum Gasteiger partial charge on any atom is 0.192 e. The van der Waals surface area contributed by atoms with Gasteiger partial charge in [-0.2, -0.15) is 0 Å². The summed E-state index contributed by atoms with van der Waals surface area (Å²) in [5, 5.41) is 0. The zero-order chi connectivity index (χ0) is 13.0. The highest BCUT2D eigenvalue weighted by Crippen LogP contribution is 2.53. The molecule has 102 valence electrons. The highest BCUT2D eigenvalue weighted by Gasteiger charge is 2.56. The van der Waals surface area contributed by atoms with Crippen LogP contribution in [0.2, 0.25) is 0 Å². The second-order valence-corrected chi connectivity index (χ2v) is 7.53. The van der Waals surface area contributed by atoms with Gasteiger partial charge in [-0.05, 0) is 37.0 Å². The molecule has 2 aliphatic carbocycles. The van der Waals surface area contributed by atoms with Crippen LogP contribution < -0.4 is 5.73 Å². The third kappa shape index (κ3) is 1.66. The minimum atomic E-state index is 0.239.